The molecule has 0 unspecified atom stereocenters. The normalized spacial score (nSPS) is 11.2. The Morgan fingerprint density at radius 1 is 1.00 bits per heavy atom. The van der Waals surface area contributed by atoms with Crippen molar-refractivity contribution in [3.05, 3.63) is 29.8 Å². The van der Waals surface area contributed by atoms with Crippen molar-refractivity contribution < 1.29 is 19.8 Å². The molecule has 0 saturated carbocycles. The Labute approximate surface area is 142 Å². The predicted octanol–water partition coefficient (Wildman–Crippen LogP) is 0.920. The molecule has 0 radical (unpaired) electrons. The number of carbonyl (C=O) groups is 2. The molecule has 0 aromatic heterocycles. The summed E-state index contributed by atoms with van der Waals surface area (Å²) in [6.07, 6.45) is 0.762. The van der Waals surface area contributed by atoms with Gasteiger partial charge in [-0.25, -0.2) is 0 Å². The number of carboxylic acid groups (broad SMARTS) is 2. The highest BCUT2D eigenvalue weighted by molar-refractivity contribution is 5.69. The Balaban J connectivity index is 2.74. The van der Waals surface area contributed by atoms with Crippen LogP contribution in [-0.2, 0) is 16.0 Å². The van der Waals surface area contributed by atoms with Crippen molar-refractivity contribution >= 4 is 17.6 Å². The topological polar surface area (TPSA) is 93.1 Å². The molecule has 3 N–H and O–H groups in total. The molecule has 0 fully saturated rings. The minimum absolute atomic E-state index is 0.0299. The summed E-state index contributed by atoms with van der Waals surface area (Å²) in [7, 11) is 5.39. The molecule has 1 aromatic rings. The summed E-state index contributed by atoms with van der Waals surface area (Å²) < 4.78 is 0. The molecule has 0 aliphatic rings. The van der Waals surface area contributed by atoms with Crippen LogP contribution in [0.2, 0.25) is 0 Å². The molecule has 7 nitrogen and oxygen atoms in total. The van der Waals surface area contributed by atoms with E-state index in [1.165, 1.54) is 0 Å². The van der Waals surface area contributed by atoms with Gasteiger partial charge < -0.3 is 15.5 Å². The van der Waals surface area contributed by atoms with Crippen molar-refractivity contribution in [3.63, 3.8) is 0 Å². The molecule has 0 aliphatic carbocycles. The van der Waals surface area contributed by atoms with Crippen LogP contribution in [0.25, 0.3) is 0 Å². The SMILES string of the molecule is CNc1ccc(CC(CN(C)CC(=O)O)CN(C)CC(=O)O)cc1. The average Bonchev–Trinajstić information content (AvgIpc) is 2.45. The van der Waals surface area contributed by atoms with Gasteiger partial charge in [-0.3, -0.25) is 19.4 Å². The van der Waals surface area contributed by atoms with Crippen LogP contribution in [0.4, 0.5) is 5.69 Å². The first kappa shape index (κ1) is 19.9. The van der Waals surface area contributed by atoms with E-state index in [4.69, 9.17) is 10.2 Å². The zero-order valence-corrected chi connectivity index (χ0v) is 14.5. The van der Waals surface area contributed by atoms with E-state index in [-0.39, 0.29) is 19.0 Å². The molecule has 0 saturated heterocycles. The van der Waals surface area contributed by atoms with Crippen LogP contribution in [0.15, 0.2) is 24.3 Å². The zero-order valence-electron chi connectivity index (χ0n) is 14.5. The molecule has 0 spiro atoms. The van der Waals surface area contributed by atoms with Gasteiger partial charge in [-0.15, -0.1) is 0 Å². The number of aliphatic carboxylic acids is 2. The van der Waals surface area contributed by atoms with Gasteiger partial charge in [-0.05, 0) is 44.1 Å². The smallest absolute Gasteiger partial charge is 0.317 e. The lowest BCUT2D eigenvalue weighted by molar-refractivity contribution is -0.138. The molecule has 0 atom stereocenters. The van der Waals surface area contributed by atoms with E-state index in [9.17, 15) is 9.59 Å². The predicted molar refractivity (Wildman–Crippen MR) is 93.4 cm³/mol. The number of likely N-dealkylation sites (N-methyl/N-ethyl adjacent to an activating group) is 2. The van der Waals surface area contributed by atoms with Crippen LogP contribution in [0.5, 0.6) is 0 Å². The van der Waals surface area contributed by atoms with E-state index in [1.54, 1.807) is 23.9 Å². The van der Waals surface area contributed by atoms with Crippen LogP contribution in [0.1, 0.15) is 5.56 Å². The van der Waals surface area contributed by atoms with Crippen LogP contribution in [0, 0.1) is 5.92 Å². The molecule has 0 bridgehead atoms. The van der Waals surface area contributed by atoms with Crippen molar-refractivity contribution in [3.8, 4) is 0 Å². The minimum Gasteiger partial charge on any atom is -0.480 e. The van der Waals surface area contributed by atoms with Crippen molar-refractivity contribution in [2.75, 3.05) is 52.6 Å². The highest BCUT2D eigenvalue weighted by Crippen LogP contribution is 2.15. The quantitative estimate of drug-likeness (QED) is 0.553. The number of hydrogen-bond acceptors (Lipinski definition) is 5. The van der Waals surface area contributed by atoms with Gasteiger partial charge in [0.2, 0.25) is 0 Å². The fraction of sp³-hybridized carbons (Fsp3) is 0.529. The number of nitrogens with one attached hydrogen (secondary N) is 1. The molecule has 0 aliphatic heterocycles. The average molecular weight is 337 g/mol. The number of carboxylic acids is 2. The molecule has 134 valence electrons. The maximum atomic E-state index is 10.9. The van der Waals surface area contributed by atoms with Crippen molar-refractivity contribution in [2.24, 2.45) is 5.92 Å². The van der Waals surface area contributed by atoms with E-state index >= 15 is 0 Å². The van der Waals surface area contributed by atoms with Crippen LogP contribution < -0.4 is 5.32 Å². The summed E-state index contributed by atoms with van der Waals surface area (Å²) in [6.45, 7) is 1.11. The monoisotopic (exact) mass is 337 g/mol. The molecule has 1 aromatic carbocycles. The Morgan fingerprint density at radius 2 is 1.46 bits per heavy atom. The lowest BCUT2D eigenvalue weighted by Gasteiger charge is -2.27. The van der Waals surface area contributed by atoms with Gasteiger partial charge in [0.25, 0.3) is 0 Å². The zero-order chi connectivity index (χ0) is 18.1. The summed E-state index contributed by atoms with van der Waals surface area (Å²) in [4.78, 5) is 25.2. The number of hydrogen-bond donors (Lipinski definition) is 3. The first-order valence-electron chi connectivity index (χ1n) is 7.87. The summed E-state index contributed by atoms with van der Waals surface area (Å²) in [5, 5.41) is 20.9. The molecule has 24 heavy (non-hydrogen) atoms. The van der Waals surface area contributed by atoms with Crippen LogP contribution in [-0.4, -0.2) is 79.3 Å². The van der Waals surface area contributed by atoms with Crippen molar-refractivity contribution in [1.29, 1.82) is 0 Å². The van der Waals surface area contributed by atoms with E-state index in [1.807, 2.05) is 31.3 Å². The maximum Gasteiger partial charge on any atom is 0.317 e. The van der Waals surface area contributed by atoms with Gasteiger partial charge in [0, 0.05) is 25.8 Å². The van der Waals surface area contributed by atoms with E-state index < -0.39 is 11.9 Å². The molecular weight excluding hydrogens is 310 g/mol. The van der Waals surface area contributed by atoms with Crippen LogP contribution >= 0.6 is 0 Å². The highest BCUT2D eigenvalue weighted by Gasteiger charge is 2.17. The Bertz CT molecular complexity index is 509. The molecule has 0 heterocycles. The van der Waals surface area contributed by atoms with E-state index in [0.717, 1.165) is 17.7 Å². The maximum absolute atomic E-state index is 10.9. The third-order valence-electron chi connectivity index (χ3n) is 3.72. The Kier molecular flexibility index (Phi) is 8.21. The van der Waals surface area contributed by atoms with E-state index in [0.29, 0.717) is 13.1 Å². The van der Waals surface area contributed by atoms with Crippen molar-refractivity contribution in [1.82, 2.24) is 9.80 Å². The third kappa shape index (κ3) is 7.94. The second-order valence-electron chi connectivity index (χ2n) is 6.20. The number of nitrogens with zero attached hydrogens (tertiary/aromatic N) is 2. The van der Waals surface area contributed by atoms with Gasteiger partial charge in [-0.2, -0.15) is 0 Å². The fourth-order valence-corrected chi connectivity index (χ4v) is 2.80. The molecular formula is C17H27N3O4. The van der Waals surface area contributed by atoms with Gasteiger partial charge in [0.15, 0.2) is 0 Å². The lowest BCUT2D eigenvalue weighted by atomic mass is 9.98. The molecule has 7 heteroatoms. The van der Waals surface area contributed by atoms with Gasteiger partial charge in [-0.1, -0.05) is 12.1 Å². The summed E-state index contributed by atoms with van der Waals surface area (Å²) >= 11 is 0. The standard InChI is InChI=1S/C17H27N3O4/c1-18-15-6-4-13(5-7-15)8-14(9-19(2)11-16(21)22)10-20(3)12-17(23)24/h4-7,14,18H,8-12H2,1-3H3,(H,21,22)(H,23,24). The Hall–Kier alpha value is -2.12. The summed E-state index contributed by atoms with van der Waals surface area (Å²) in [6, 6.07) is 8.06. The van der Waals surface area contributed by atoms with Gasteiger partial charge in [0.1, 0.15) is 0 Å². The van der Waals surface area contributed by atoms with Gasteiger partial charge >= 0.3 is 11.9 Å². The first-order valence-corrected chi connectivity index (χ1v) is 7.87. The fourth-order valence-electron chi connectivity index (χ4n) is 2.80. The number of benzene rings is 1. The first-order chi connectivity index (χ1) is 11.3. The lowest BCUT2D eigenvalue weighted by Crippen LogP contribution is -2.38. The third-order valence-corrected chi connectivity index (χ3v) is 3.72. The highest BCUT2D eigenvalue weighted by atomic mass is 16.4. The largest absolute Gasteiger partial charge is 0.480 e. The summed E-state index contributed by atoms with van der Waals surface area (Å²) in [5.74, 6) is -1.60. The second kappa shape index (κ2) is 9.89. The molecule has 0 amide bonds. The van der Waals surface area contributed by atoms with Gasteiger partial charge in [0.05, 0.1) is 13.1 Å². The molecule has 1 rings (SSSR count). The van der Waals surface area contributed by atoms with Crippen LogP contribution in [0.3, 0.4) is 0 Å². The number of anilines is 1. The second-order valence-corrected chi connectivity index (χ2v) is 6.20. The van der Waals surface area contributed by atoms with E-state index in [2.05, 4.69) is 5.32 Å². The minimum atomic E-state index is -0.867. The van der Waals surface area contributed by atoms with Crippen molar-refractivity contribution in [2.45, 2.75) is 6.42 Å². The number of rotatable bonds is 11. The summed E-state index contributed by atoms with van der Waals surface area (Å²) in [5.41, 5.74) is 2.17. The Morgan fingerprint density at radius 3 is 1.83 bits per heavy atom.